The third-order valence-electron chi connectivity index (χ3n) is 0.421. The van der Waals surface area contributed by atoms with Gasteiger partial charge >= 0.3 is 6.03 Å². The number of hydrazone groups is 1. The molecule has 0 aliphatic heterocycles. The number of primary amides is 1. The van der Waals surface area contributed by atoms with Crippen molar-refractivity contribution in [3.05, 3.63) is 0 Å². The molecule has 0 aliphatic rings. The summed E-state index contributed by atoms with van der Waals surface area (Å²) < 4.78 is 0. The molecule has 3 N–H and O–H groups in total. The maximum absolute atomic E-state index is 10.1. The highest BCUT2D eigenvalue weighted by Crippen LogP contribution is 1.60. The van der Waals surface area contributed by atoms with Crippen LogP contribution in [0, 0.1) is 0 Å². The molecule has 2 amide bonds. The van der Waals surface area contributed by atoms with Gasteiger partial charge in [-0.2, -0.15) is 5.10 Å². The Kier molecular flexibility index (Phi) is 3.04. The number of amides is 2. The molecule has 0 aromatic carbocycles. The van der Waals surface area contributed by atoms with E-state index in [1.54, 1.807) is 0 Å². The fourth-order valence-corrected chi connectivity index (χ4v) is 0.187. The number of Topliss-reactive ketones (excluding diaryl/α,β-unsaturated/α-hetero) is 1. The molecular formula is C4H7N3O2. The SMILES string of the molecule is CC(=O)/C=N\NC(N)=O. The van der Waals surface area contributed by atoms with E-state index in [0.29, 0.717) is 0 Å². The van der Waals surface area contributed by atoms with Gasteiger partial charge in [0.25, 0.3) is 0 Å². The van der Waals surface area contributed by atoms with Crippen molar-refractivity contribution < 1.29 is 9.59 Å². The minimum absolute atomic E-state index is 0.247. The third-order valence-corrected chi connectivity index (χ3v) is 0.421. The lowest BCUT2D eigenvalue weighted by Gasteiger charge is -1.86. The Morgan fingerprint density at radius 1 is 1.67 bits per heavy atom. The van der Waals surface area contributed by atoms with Crippen LogP contribution in [0.1, 0.15) is 6.92 Å². The molecule has 0 aromatic heterocycles. The van der Waals surface area contributed by atoms with Crippen molar-refractivity contribution in [1.29, 1.82) is 0 Å². The second-order valence-electron chi connectivity index (χ2n) is 1.34. The average molecular weight is 129 g/mol. The van der Waals surface area contributed by atoms with Crippen molar-refractivity contribution in [3.8, 4) is 0 Å². The molecule has 0 unspecified atom stereocenters. The van der Waals surface area contributed by atoms with Crippen LogP contribution in [0.15, 0.2) is 5.10 Å². The van der Waals surface area contributed by atoms with Crippen molar-refractivity contribution in [1.82, 2.24) is 5.43 Å². The first-order valence-corrected chi connectivity index (χ1v) is 2.22. The molecule has 0 aliphatic carbocycles. The Bertz CT molecular complexity index is 152. The zero-order valence-electron chi connectivity index (χ0n) is 4.92. The molecule has 0 spiro atoms. The molecule has 9 heavy (non-hydrogen) atoms. The van der Waals surface area contributed by atoms with Gasteiger partial charge in [-0.3, -0.25) is 4.79 Å². The van der Waals surface area contributed by atoms with Gasteiger partial charge < -0.3 is 5.73 Å². The number of nitrogens with two attached hydrogens (primary N) is 1. The second kappa shape index (κ2) is 3.59. The van der Waals surface area contributed by atoms with E-state index >= 15 is 0 Å². The van der Waals surface area contributed by atoms with Crippen molar-refractivity contribution in [2.75, 3.05) is 0 Å². The summed E-state index contributed by atoms with van der Waals surface area (Å²) in [4.78, 5) is 20.0. The Morgan fingerprint density at radius 2 is 2.22 bits per heavy atom. The zero-order chi connectivity index (χ0) is 7.28. The molecule has 0 rings (SSSR count). The largest absolute Gasteiger partial charge is 0.350 e. The Labute approximate surface area is 51.9 Å². The predicted molar refractivity (Wildman–Crippen MR) is 31.9 cm³/mol. The first-order valence-electron chi connectivity index (χ1n) is 2.22. The average Bonchev–Trinajstić information content (AvgIpc) is 1.63. The van der Waals surface area contributed by atoms with E-state index in [1.807, 2.05) is 5.43 Å². The topological polar surface area (TPSA) is 84.6 Å². The fraction of sp³-hybridized carbons (Fsp3) is 0.250. The maximum Gasteiger partial charge on any atom is 0.332 e. The van der Waals surface area contributed by atoms with Crippen molar-refractivity contribution >= 4 is 18.0 Å². The summed E-state index contributed by atoms with van der Waals surface area (Å²) in [6.45, 7) is 1.31. The number of carbonyl (C=O) groups excluding carboxylic acids is 2. The zero-order valence-corrected chi connectivity index (χ0v) is 4.92. The van der Waals surface area contributed by atoms with Crippen LogP contribution in [0.3, 0.4) is 0 Å². The van der Waals surface area contributed by atoms with Crippen LogP contribution in [0.5, 0.6) is 0 Å². The first-order chi connectivity index (χ1) is 4.13. The van der Waals surface area contributed by atoms with Gasteiger partial charge in [-0.05, 0) is 0 Å². The summed E-state index contributed by atoms with van der Waals surface area (Å²) in [7, 11) is 0. The fourth-order valence-electron chi connectivity index (χ4n) is 0.187. The number of hydrogen-bond acceptors (Lipinski definition) is 3. The molecule has 0 heterocycles. The van der Waals surface area contributed by atoms with E-state index < -0.39 is 6.03 Å². The number of ketones is 1. The van der Waals surface area contributed by atoms with Gasteiger partial charge in [0.15, 0.2) is 5.78 Å². The molecule has 50 valence electrons. The molecule has 0 bridgehead atoms. The summed E-state index contributed by atoms with van der Waals surface area (Å²) in [5.41, 5.74) is 6.47. The highest BCUT2D eigenvalue weighted by atomic mass is 16.2. The number of hydrogen-bond donors (Lipinski definition) is 2. The van der Waals surface area contributed by atoms with Gasteiger partial charge in [0, 0.05) is 6.92 Å². The number of nitrogens with zero attached hydrogens (tertiary/aromatic N) is 1. The van der Waals surface area contributed by atoms with Gasteiger partial charge in [-0.25, -0.2) is 10.2 Å². The van der Waals surface area contributed by atoms with Crippen LogP contribution in [-0.2, 0) is 4.79 Å². The van der Waals surface area contributed by atoms with Crippen molar-refractivity contribution in [2.24, 2.45) is 10.8 Å². The highest BCUT2D eigenvalue weighted by molar-refractivity contribution is 6.26. The minimum Gasteiger partial charge on any atom is -0.350 e. The Hall–Kier alpha value is -1.39. The van der Waals surface area contributed by atoms with E-state index in [4.69, 9.17) is 0 Å². The Morgan fingerprint density at radius 3 is 2.56 bits per heavy atom. The molecule has 5 nitrogen and oxygen atoms in total. The van der Waals surface area contributed by atoms with E-state index in [2.05, 4.69) is 10.8 Å². The summed E-state index contributed by atoms with van der Waals surface area (Å²) >= 11 is 0. The summed E-state index contributed by atoms with van der Waals surface area (Å²) in [5, 5.41) is 3.17. The van der Waals surface area contributed by atoms with Crippen molar-refractivity contribution in [2.45, 2.75) is 6.92 Å². The lowest BCUT2D eigenvalue weighted by atomic mass is 10.5. The van der Waals surface area contributed by atoms with E-state index in [9.17, 15) is 9.59 Å². The van der Waals surface area contributed by atoms with Crippen LogP contribution in [0.2, 0.25) is 0 Å². The van der Waals surface area contributed by atoms with Crippen LogP contribution < -0.4 is 11.2 Å². The molecule has 5 heteroatoms. The molecule has 0 saturated carbocycles. The summed E-state index contributed by atoms with van der Waals surface area (Å²) in [6.07, 6.45) is 0.963. The van der Waals surface area contributed by atoms with E-state index in [0.717, 1.165) is 6.21 Å². The number of carbonyl (C=O) groups is 2. The monoisotopic (exact) mass is 129 g/mol. The molecule has 0 aromatic rings. The molecule has 0 radical (unpaired) electrons. The third kappa shape index (κ3) is 6.61. The lowest BCUT2D eigenvalue weighted by molar-refractivity contribution is -0.110. The van der Waals surface area contributed by atoms with Gasteiger partial charge in [-0.15, -0.1) is 0 Å². The standard InChI is InChI=1S/C4H7N3O2/c1-3(8)2-6-7-4(5)9/h2H,1H3,(H3,5,7,9)/b6-2-. The second-order valence-corrected chi connectivity index (χ2v) is 1.34. The van der Waals surface area contributed by atoms with Gasteiger partial charge in [0.1, 0.15) is 0 Å². The van der Waals surface area contributed by atoms with Crippen LogP contribution in [0.25, 0.3) is 0 Å². The quantitative estimate of drug-likeness (QED) is 0.379. The summed E-state index contributed by atoms with van der Waals surface area (Å²) in [6, 6.07) is -0.785. The van der Waals surface area contributed by atoms with Crippen LogP contribution in [-0.4, -0.2) is 18.0 Å². The van der Waals surface area contributed by atoms with Gasteiger partial charge in [-0.1, -0.05) is 0 Å². The first kappa shape index (κ1) is 7.61. The molecule has 0 fully saturated rings. The predicted octanol–water partition coefficient (Wildman–Crippen LogP) is -0.770. The number of rotatable bonds is 2. The van der Waals surface area contributed by atoms with Crippen molar-refractivity contribution in [3.63, 3.8) is 0 Å². The molecule has 0 saturated heterocycles. The number of urea groups is 1. The van der Waals surface area contributed by atoms with Crippen LogP contribution in [0.4, 0.5) is 4.79 Å². The van der Waals surface area contributed by atoms with Gasteiger partial charge in [0.05, 0.1) is 6.21 Å². The minimum atomic E-state index is -0.785. The number of nitrogens with one attached hydrogen (secondary N) is 1. The lowest BCUT2D eigenvalue weighted by Crippen LogP contribution is -2.24. The highest BCUT2D eigenvalue weighted by Gasteiger charge is 1.84. The van der Waals surface area contributed by atoms with E-state index in [1.165, 1.54) is 6.92 Å². The van der Waals surface area contributed by atoms with Crippen LogP contribution >= 0.6 is 0 Å². The van der Waals surface area contributed by atoms with Gasteiger partial charge in [0.2, 0.25) is 0 Å². The molecule has 0 atom stereocenters. The summed E-state index contributed by atoms with van der Waals surface area (Å²) in [5.74, 6) is -0.247. The maximum atomic E-state index is 10.1. The Balaban J connectivity index is 3.48. The normalized spacial score (nSPS) is 9.44. The van der Waals surface area contributed by atoms with E-state index in [-0.39, 0.29) is 5.78 Å². The smallest absolute Gasteiger partial charge is 0.332 e. The molecular weight excluding hydrogens is 122 g/mol.